The Bertz CT molecular complexity index is 1170. The summed E-state index contributed by atoms with van der Waals surface area (Å²) >= 11 is 3.52. The number of esters is 1. The molecule has 4 aromatic rings. The van der Waals surface area contributed by atoms with Crippen molar-refractivity contribution < 1.29 is 18.4 Å². The first kappa shape index (κ1) is 17.9. The van der Waals surface area contributed by atoms with Crippen molar-refractivity contribution in [3.8, 4) is 17.1 Å². The molecule has 0 bridgehead atoms. The van der Waals surface area contributed by atoms with Gasteiger partial charge in [0.1, 0.15) is 28.6 Å². The predicted octanol–water partition coefficient (Wildman–Crippen LogP) is 6.66. The maximum absolute atomic E-state index is 11.8. The fourth-order valence-electron chi connectivity index (χ4n) is 3.36. The first-order chi connectivity index (χ1) is 13.0. The van der Waals surface area contributed by atoms with Gasteiger partial charge in [-0.2, -0.15) is 0 Å². The smallest absolute Gasteiger partial charge is 0.308 e. The minimum absolute atomic E-state index is 0.365. The van der Waals surface area contributed by atoms with Gasteiger partial charge in [-0.1, -0.05) is 35.8 Å². The summed E-state index contributed by atoms with van der Waals surface area (Å²) in [7, 11) is 0. The van der Waals surface area contributed by atoms with Gasteiger partial charge in [-0.15, -0.1) is 0 Å². The van der Waals surface area contributed by atoms with Crippen LogP contribution in [-0.2, 0) is 17.6 Å². The van der Waals surface area contributed by atoms with Gasteiger partial charge in [-0.05, 0) is 30.3 Å². The summed E-state index contributed by atoms with van der Waals surface area (Å²) in [5, 5.41) is 2.52. The Balaban J connectivity index is 2.17. The molecule has 0 aliphatic heterocycles. The number of carbonyl (C=O) groups is 1. The molecule has 0 saturated heterocycles. The van der Waals surface area contributed by atoms with Gasteiger partial charge in [0.2, 0.25) is 0 Å². The third-order valence-electron chi connectivity index (χ3n) is 4.60. The van der Waals surface area contributed by atoms with E-state index in [0.717, 1.165) is 56.3 Å². The van der Waals surface area contributed by atoms with Crippen LogP contribution < -0.4 is 4.74 Å². The van der Waals surface area contributed by atoms with Crippen LogP contribution >= 0.6 is 15.9 Å². The molecule has 0 unspecified atom stereocenters. The van der Waals surface area contributed by atoms with Crippen molar-refractivity contribution in [2.24, 2.45) is 0 Å². The van der Waals surface area contributed by atoms with Crippen molar-refractivity contribution in [3.05, 3.63) is 52.4 Å². The van der Waals surface area contributed by atoms with Gasteiger partial charge in [0.15, 0.2) is 0 Å². The number of rotatable bonds is 4. The number of benzene rings is 2. The van der Waals surface area contributed by atoms with Crippen LogP contribution in [0, 0.1) is 0 Å². The first-order valence-corrected chi connectivity index (χ1v) is 9.76. The highest BCUT2D eigenvalue weighted by molar-refractivity contribution is 9.10. The Morgan fingerprint density at radius 1 is 0.963 bits per heavy atom. The van der Waals surface area contributed by atoms with Crippen LogP contribution in [0.15, 0.2) is 49.7 Å². The third kappa shape index (κ3) is 3.06. The molecule has 0 N–H and O–H groups in total. The fourth-order valence-corrected chi connectivity index (χ4v) is 3.72. The number of carbonyl (C=O) groups excluding carboxylic acids is 1. The SMILES string of the molecule is CCc1ccc(-c2c3ccc(Br)cc3c(OC(C)=O)c3cc(CC)oc23)o1. The molecular weight excluding hydrogens is 408 g/mol. The minimum Gasteiger partial charge on any atom is -0.461 e. The molecule has 4 nitrogen and oxygen atoms in total. The number of halogens is 1. The lowest BCUT2D eigenvalue weighted by molar-refractivity contribution is -0.131. The van der Waals surface area contributed by atoms with Crippen LogP contribution in [0.3, 0.4) is 0 Å². The number of hydrogen-bond acceptors (Lipinski definition) is 4. The zero-order chi connectivity index (χ0) is 19.1. The molecule has 0 saturated carbocycles. The molecule has 0 amide bonds. The van der Waals surface area contributed by atoms with Gasteiger partial charge in [0.05, 0.1) is 10.9 Å². The Hall–Kier alpha value is -2.53. The summed E-state index contributed by atoms with van der Waals surface area (Å²) in [5.41, 5.74) is 1.55. The molecule has 0 radical (unpaired) electrons. The number of hydrogen-bond donors (Lipinski definition) is 0. The van der Waals surface area contributed by atoms with Crippen LogP contribution in [0.1, 0.15) is 32.3 Å². The van der Waals surface area contributed by atoms with Crippen LogP contribution in [0.5, 0.6) is 5.75 Å². The Labute approximate surface area is 165 Å². The van der Waals surface area contributed by atoms with Crippen LogP contribution in [0.4, 0.5) is 0 Å². The summed E-state index contributed by atoms with van der Waals surface area (Å²) in [5.74, 6) is 2.64. The van der Waals surface area contributed by atoms with Gasteiger partial charge in [0.25, 0.3) is 0 Å². The van der Waals surface area contributed by atoms with E-state index >= 15 is 0 Å². The molecule has 0 aliphatic carbocycles. The highest BCUT2D eigenvalue weighted by atomic mass is 79.9. The summed E-state index contributed by atoms with van der Waals surface area (Å²) in [6.45, 7) is 5.49. The molecule has 5 heteroatoms. The molecule has 0 spiro atoms. The fraction of sp³-hybridized carbons (Fsp3) is 0.227. The second kappa shape index (κ2) is 6.89. The molecule has 2 heterocycles. The van der Waals surface area contributed by atoms with E-state index in [1.807, 2.05) is 43.3 Å². The molecule has 0 aliphatic rings. The maximum Gasteiger partial charge on any atom is 0.308 e. The first-order valence-electron chi connectivity index (χ1n) is 8.97. The van der Waals surface area contributed by atoms with Gasteiger partial charge in [-0.3, -0.25) is 4.79 Å². The quantitative estimate of drug-likeness (QED) is 0.270. The van der Waals surface area contributed by atoms with Crippen LogP contribution in [-0.4, -0.2) is 5.97 Å². The summed E-state index contributed by atoms with van der Waals surface area (Å²) in [6.07, 6.45) is 1.56. The molecular formula is C22H19BrO4. The Kier molecular flexibility index (Phi) is 4.56. The van der Waals surface area contributed by atoms with Gasteiger partial charge in [0, 0.05) is 35.0 Å². The maximum atomic E-state index is 11.8. The molecule has 0 atom stereocenters. The van der Waals surface area contributed by atoms with Crippen molar-refractivity contribution >= 4 is 43.6 Å². The molecule has 2 aromatic heterocycles. The van der Waals surface area contributed by atoms with Crippen molar-refractivity contribution in [1.82, 2.24) is 0 Å². The van der Waals surface area contributed by atoms with E-state index in [-0.39, 0.29) is 5.97 Å². The van der Waals surface area contributed by atoms with Gasteiger partial charge >= 0.3 is 5.97 Å². The minimum atomic E-state index is -0.365. The Morgan fingerprint density at radius 2 is 1.74 bits per heavy atom. The molecule has 138 valence electrons. The highest BCUT2D eigenvalue weighted by Gasteiger charge is 2.23. The lowest BCUT2D eigenvalue weighted by Crippen LogP contribution is -2.02. The van der Waals surface area contributed by atoms with Crippen molar-refractivity contribution in [1.29, 1.82) is 0 Å². The zero-order valence-electron chi connectivity index (χ0n) is 15.4. The summed E-state index contributed by atoms with van der Waals surface area (Å²) in [4.78, 5) is 11.8. The summed E-state index contributed by atoms with van der Waals surface area (Å²) < 4.78 is 18.7. The van der Waals surface area contributed by atoms with E-state index in [4.69, 9.17) is 13.6 Å². The van der Waals surface area contributed by atoms with Crippen LogP contribution in [0.2, 0.25) is 0 Å². The third-order valence-corrected chi connectivity index (χ3v) is 5.09. The Morgan fingerprint density at radius 3 is 2.41 bits per heavy atom. The average molecular weight is 427 g/mol. The molecule has 4 rings (SSSR count). The van der Waals surface area contributed by atoms with E-state index in [0.29, 0.717) is 11.3 Å². The number of fused-ring (bicyclic) bond motifs is 2. The largest absolute Gasteiger partial charge is 0.461 e. The lowest BCUT2D eigenvalue weighted by atomic mass is 9.98. The predicted molar refractivity (Wildman–Crippen MR) is 109 cm³/mol. The second-order valence-corrected chi connectivity index (χ2v) is 7.33. The molecule has 2 aromatic carbocycles. The van der Waals surface area contributed by atoms with Crippen molar-refractivity contribution in [3.63, 3.8) is 0 Å². The normalized spacial score (nSPS) is 11.4. The number of ether oxygens (including phenoxy) is 1. The van der Waals surface area contributed by atoms with E-state index in [2.05, 4.69) is 22.9 Å². The van der Waals surface area contributed by atoms with Gasteiger partial charge in [-0.25, -0.2) is 0 Å². The zero-order valence-corrected chi connectivity index (χ0v) is 17.0. The lowest BCUT2D eigenvalue weighted by Gasteiger charge is -2.12. The standard InChI is InChI=1S/C22H19BrO4/c1-4-14-7-9-19(26-14)20-16-8-6-13(23)10-17(16)21(25-12(3)24)18-11-15(5-2)27-22(18)20/h6-11H,4-5H2,1-3H3. The van der Waals surface area contributed by atoms with E-state index in [1.54, 1.807) is 0 Å². The number of aryl methyl sites for hydroxylation is 2. The van der Waals surface area contributed by atoms with Gasteiger partial charge < -0.3 is 13.6 Å². The molecule has 0 fully saturated rings. The van der Waals surface area contributed by atoms with Crippen molar-refractivity contribution in [2.45, 2.75) is 33.6 Å². The molecule has 27 heavy (non-hydrogen) atoms. The highest BCUT2D eigenvalue weighted by Crippen LogP contribution is 2.45. The van der Waals surface area contributed by atoms with E-state index in [1.165, 1.54) is 6.92 Å². The monoisotopic (exact) mass is 426 g/mol. The summed E-state index contributed by atoms with van der Waals surface area (Å²) in [6, 6.07) is 11.8. The second-order valence-electron chi connectivity index (χ2n) is 6.42. The number of furan rings is 2. The van der Waals surface area contributed by atoms with Crippen LogP contribution in [0.25, 0.3) is 33.1 Å². The average Bonchev–Trinajstić information content (AvgIpc) is 3.28. The van der Waals surface area contributed by atoms with E-state index in [9.17, 15) is 4.79 Å². The van der Waals surface area contributed by atoms with E-state index < -0.39 is 0 Å². The van der Waals surface area contributed by atoms with Crippen molar-refractivity contribution in [2.75, 3.05) is 0 Å². The topological polar surface area (TPSA) is 52.6 Å².